The van der Waals surface area contributed by atoms with E-state index in [9.17, 15) is 19.2 Å². The van der Waals surface area contributed by atoms with Crippen molar-refractivity contribution in [2.45, 2.75) is 6.42 Å². The Morgan fingerprint density at radius 2 is 1.77 bits per heavy atom. The molecule has 8 nitrogen and oxygen atoms in total. The van der Waals surface area contributed by atoms with E-state index in [4.69, 9.17) is 21.1 Å². The average Bonchev–Trinajstić information content (AvgIpc) is 3.25. The van der Waals surface area contributed by atoms with Crippen molar-refractivity contribution in [3.05, 3.63) is 58.6 Å². The summed E-state index contributed by atoms with van der Waals surface area (Å²) in [5.41, 5.74) is 1.01. The van der Waals surface area contributed by atoms with Crippen molar-refractivity contribution in [2.24, 2.45) is 5.92 Å². The number of carbonyl (C=O) groups is 4. The lowest BCUT2D eigenvalue weighted by Crippen LogP contribution is -2.35. The Bertz CT molecular complexity index is 1030. The fourth-order valence-electron chi connectivity index (χ4n) is 3.57. The Kier molecular flexibility index (Phi) is 5.17. The highest BCUT2D eigenvalue weighted by atomic mass is 35.5. The highest BCUT2D eigenvalue weighted by molar-refractivity contribution is 6.31. The quantitative estimate of drug-likeness (QED) is 0.536. The van der Waals surface area contributed by atoms with Crippen LogP contribution in [0.2, 0.25) is 5.02 Å². The summed E-state index contributed by atoms with van der Waals surface area (Å²) in [6, 6.07) is 11.3. The summed E-state index contributed by atoms with van der Waals surface area (Å²) in [7, 11) is 1.47. The zero-order valence-electron chi connectivity index (χ0n) is 16.0. The molecule has 9 heteroatoms. The minimum Gasteiger partial charge on any atom is -0.495 e. The molecule has 0 unspecified atom stereocenters. The van der Waals surface area contributed by atoms with Gasteiger partial charge in [-0.3, -0.25) is 19.2 Å². The lowest BCUT2D eigenvalue weighted by molar-refractivity contribution is -0.151. The number of nitrogens with zero attached hydrogens (tertiary/aromatic N) is 2. The summed E-state index contributed by atoms with van der Waals surface area (Å²) in [6.45, 7) is -0.424. The minimum atomic E-state index is -0.739. The van der Waals surface area contributed by atoms with Crippen molar-refractivity contribution in [3.8, 4) is 5.75 Å². The van der Waals surface area contributed by atoms with Crippen molar-refractivity contribution in [1.82, 2.24) is 4.90 Å². The second kappa shape index (κ2) is 7.79. The van der Waals surface area contributed by atoms with E-state index in [1.54, 1.807) is 42.5 Å². The zero-order chi connectivity index (χ0) is 21.4. The van der Waals surface area contributed by atoms with Gasteiger partial charge in [-0.1, -0.05) is 23.7 Å². The standard InChI is InChI=1S/C21H17ClN2O6/c1-29-17-7-6-13(22)9-16(17)23-10-12(8-18(23)25)21(28)30-11-24-19(26)14-4-2-3-5-15(14)20(24)27/h2-7,9,12H,8,10-11H2,1H3/t12-/m0/s1. The number of amides is 3. The molecule has 4 rings (SSSR count). The molecule has 0 radical (unpaired) electrons. The van der Waals surface area contributed by atoms with Crippen LogP contribution in [0.25, 0.3) is 0 Å². The van der Waals surface area contributed by atoms with Crippen LogP contribution in [0.3, 0.4) is 0 Å². The van der Waals surface area contributed by atoms with Gasteiger partial charge in [0.1, 0.15) is 5.75 Å². The highest BCUT2D eigenvalue weighted by Crippen LogP contribution is 2.35. The van der Waals surface area contributed by atoms with Crippen LogP contribution in [-0.4, -0.2) is 49.0 Å². The Balaban J connectivity index is 1.42. The van der Waals surface area contributed by atoms with Crippen LogP contribution >= 0.6 is 11.6 Å². The van der Waals surface area contributed by atoms with Gasteiger partial charge in [-0.2, -0.15) is 0 Å². The third kappa shape index (κ3) is 3.39. The van der Waals surface area contributed by atoms with E-state index in [0.29, 0.717) is 16.5 Å². The molecule has 0 bridgehead atoms. The molecular weight excluding hydrogens is 412 g/mol. The van der Waals surface area contributed by atoms with Crippen LogP contribution in [0, 0.1) is 5.92 Å². The molecule has 1 atom stereocenters. The van der Waals surface area contributed by atoms with Crippen molar-refractivity contribution >= 4 is 41.0 Å². The van der Waals surface area contributed by atoms with Crippen LogP contribution in [-0.2, 0) is 14.3 Å². The fourth-order valence-corrected chi connectivity index (χ4v) is 3.74. The number of halogens is 1. The predicted octanol–water partition coefficient (Wildman–Crippen LogP) is 2.50. The molecule has 1 fully saturated rings. The SMILES string of the molecule is COc1ccc(Cl)cc1N1C[C@@H](C(=O)OCN2C(=O)c3ccccc3C2=O)CC1=O. The van der Waals surface area contributed by atoms with Gasteiger partial charge in [0.05, 0.1) is 29.8 Å². The van der Waals surface area contributed by atoms with Gasteiger partial charge in [-0.15, -0.1) is 0 Å². The van der Waals surface area contributed by atoms with E-state index in [-0.39, 0.29) is 30.0 Å². The molecular formula is C21H17ClN2O6. The zero-order valence-corrected chi connectivity index (χ0v) is 16.7. The number of ether oxygens (including phenoxy) is 2. The van der Waals surface area contributed by atoms with Gasteiger partial charge in [0.2, 0.25) is 5.91 Å². The molecule has 2 aliphatic heterocycles. The van der Waals surface area contributed by atoms with Gasteiger partial charge in [-0.25, -0.2) is 4.90 Å². The maximum absolute atomic E-state index is 12.5. The summed E-state index contributed by atoms with van der Waals surface area (Å²) in [5, 5.41) is 0.426. The third-order valence-electron chi connectivity index (χ3n) is 5.10. The van der Waals surface area contributed by atoms with Crippen molar-refractivity contribution in [1.29, 1.82) is 0 Å². The highest BCUT2D eigenvalue weighted by Gasteiger charge is 2.39. The fraction of sp³-hybridized carbons (Fsp3) is 0.238. The molecule has 2 aromatic rings. The first kappa shape index (κ1) is 19.9. The molecule has 2 heterocycles. The van der Waals surface area contributed by atoms with E-state index in [1.165, 1.54) is 12.0 Å². The Hall–Kier alpha value is -3.39. The normalized spacial score (nSPS) is 18.1. The van der Waals surface area contributed by atoms with Crippen LogP contribution in [0.4, 0.5) is 5.69 Å². The van der Waals surface area contributed by atoms with Gasteiger partial charge < -0.3 is 14.4 Å². The molecule has 30 heavy (non-hydrogen) atoms. The number of hydrogen-bond acceptors (Lipinski definition) is 6. The number of benzene rings is 2. The molecule has 2 aliphatic rings. The number of methoxy groups -OCH3 is 1. The van der Waals surface area contributed by atoms with E-state index < -0.39 is 30.4 Å². The topological polar surface area (TPSA) is 93.2 Å². The van der Waals surface area contributed by atoms with E-state index in [0.717, 1.165) is 4.90 Å². The summed E-state index contributed by atoms with van der Waals surface area (Å²) in [4.78, 5) is 52.0. The molecule has 0 N–H and O–H groups in total. The van der Waals surface area contributed by atoms with Crippen molar-refractivity contribution in [3.63, 3.8) is 0 Å². The Morgan fingerprint density at radius 3 is 2.40 bits per heavy atom. The van der Waals surface area contributed by atoms with Gasteiger partial charge in [0.15, 0.2) is 6.73 Å². The maximum Gasteiger partial charge on any atom is 0.313 e. The first-order valence-corrected chi connectivity index (χ1v) is 9.54. The number of imide groups is 1. The lowest BCUT2D eigenvalue weighted by Gasteiger charge is -2.20. The lowest BCUT2D eigenvalue weighted by atomic mass is 10.1. The summed E-state index contributed by atoms with van der Waals surface area (Å²) in [5.74, 6) is -2.27. The molecule has 0 aliphatic carbocycles. The summed E-state index contributed by atoms with van der Waals surface area (Å²) in [6.07, 6.45) is -0.0589. The molecule has 0 aromatic heterocycles. The molecule has 0 spiro atoms. The van der Waals surface area contributed by atoms with Crippen LogP contribution in [0.5, 0.6) is 5.75 Å². The summed E-state index contributed by atoms with van der Waals surface area (Å²) >= 11 is 6.03. The smallest absolute Gasteiger partial charge is 0.313 e. The van der Waals surface area contributed by atoms with Gasteiger partial charge in [0.25, 0.3) is 11.8 Å². The predicted molar refractivity (Wildman–Crippen MR) is 106 cm³/mol. The number of anilines is 1. The number of esters is 1. The van der Waals surface area contributed by atoms with Gasteiger partial charge in [0, 0.05) is 18.0 Å². The van der Waals surface area contributed by atoms with Crippen LogP contribution in [0.1, 0.15) is 27.1 Å². The molecule has 154 valence electrons. The number of hydrogen-bond donors (Lipinski definition) is 0. The van der Waals surface area contributed by atoms with Crippen LogP contribution in [0.15, 0.2) is 42.5 Å². The third-order valence-corrected chi connectivity index (χ3v) is 5.34. The molecule has 0 saturated carbocycles. The van der Waals surface area contributed by atoms with Crippen LogP contribution < -0.4 is 9.64 Å². The Morgan fingerprint density at radius 1 is 1.10 bits per heavy atom. The molecule has 2 aromatic carbocycles. The van der Waals surface area contributed by atoms with E-state index >= 15 is 0 Å². The van der Waals surface area contributed by atoms with Gasteiger partial charge >= 0.3 is 5.97 Å². The first-order chi connectivity index (χ1) is 14.4. The summed E-state index contributed by atoms with van der Waals surface area (Å²) < 4.78 is 10.5. The molecule has 1 saturated heterocycles. The van der Waals surface area contributed by atoms with E-state index in [1.807, 2.05) is 0 Å². The second-order valence-corrected chi connectivity index (χ2v) is 7.33. The largest absolute Gasteiger partial charge is 0.495 e. The molecule has 3 amide bonds. The Labute approximate surface area is 176 Å². The van der Waals surface area contributed by atoms with Crippen molar-refractivity contribution in [2.75, 3.05) is 25.3 Å². The van der Waals surface area contributed by atoms with E-state index in [2.05, 4.69) is 0 Å². The average molecular weight is 429 g/mol. The first-order valence-electron chi connectivity index (χ1n) is 9.16. The number of rotatable bonds is 5. The minimum absolute atomic E-state index is 0.0589. The number of fused-ring (bicyclic) bond motifs is 1. The number of carbonyl (C=O) groups excluding carboxylic acids is 4. The van der Waals surface area contributed by atoms with Crippen molar-refractivity contribution < 1.29 is 28.7 Å². The monoisotopic (exact) mass is 428 g/mol. The maximum atomic E-state index is 12.5. The second-order valence-electron chi connectivity index (χ2n) is 6.90. The van der Waals surface area contributed by atoms with Gasteiger partial charge in [-0.05, 0) is 30.3 Å².